The molecule has 0 aromatic carbocycles. The van der Waals surface area contributed by atoms with Crippen LogP contribution in [0.3, 0.4) is 0 Å². The standard InChI is InChI=1S/C30H56/c1-5-7-9-12-26-13-15-27(16-14-26)24(3)28-17-19-29(20-18-28)25(4)30(21-6-2)22-10-8-11-23-30/h24-29H,5-23H2,1-4H3. The van der Waals surface area contributed by atoms with Crippen LogP contribution in [0.2, 0.25) is 0 Å². The van der Waals surface area contributed by atoms with Gasteiger partial charge in [-0.15, -0.1) is 0 Å². The number of hydrogen-bond donors (Lipinski definition) is 0. The molecule has 0 radical (unpaired) electrons. The minimum atomic E-state index is 0.715. The Kier molecular flexibility index (Phi) is 10.1. The highest BCUT2D eigenvalue weighted by atomic mass is 14.5. The van der Waals surface area contributed by atoms with Gasteiger partial charge in [0.15, 0.2) is 0 Å². The molecule has 0 aliphatic heterocycles. The van der Waals surface area contributed by atoms with Gasteiger partial charge in [0.05, 0.1) is 0 Å². The number of hydrogen-bond acceptors (Lipinski definition) is 0. The molecule has 3 aliphatic carbocycles. The van der Waals surface area contributed by atoms with E-state index in [1.807, 2.05) is 0 Å². The average molecular weight is 417 g/mol. The molecule has 0 amide bonds. The van der Waals surface area contributed by atoms with Gasteiger partial charge in [-0.3, -0.25) is 0 Å². The average Bonchev–Trinajstić information content (AvgIpc) is 2.80. The van der Waals surface area contributed by atoms with E-state index in [-0.39, 0.29) is 0 Å². The van der Waals surface area contributed by atoms with Crippen molar-refractivity contribution in [3.8, 4) is 0 Å². The summed E-state index contributed by atoms with van der Waals surface area (Å²) < 4.78 is 0. The van der Waals surface area contributed by atoms with Crippen LogP contribution in [0, 0.1) is 40.9 Å². The van der Waals surface area contributed by atoms with Crippen molar-refractivity contribution >= 4 is 0 Å². The van der Waals surface area contributed by atoms with Crippen molar-refractivity contribution in [3.63, 3.8) is 0 Å². The van der Waals surface area contributed by atoms with Crippen molar-refractivity contribution in [1.82, 2.24) is 0 Å². The minimum Gasteiger partial charge on any atom is -0.0654 e. The maximum absolute atomic E-state index is 2.68. The highest BCUT2D eigenvalue weighted by molar-refractivity contribution is 4.92. The fourth-order valence-corrected chi connectivity index (χ4v) is 8.43. The lowest BCUT2D eigenvalue weighted by molar-refractivity contribution is 0.0243. The molecule has 0 bridgehead atoms. The van der Waals surface area contributed by atoms with E-state index in [1.54, 1.807) is 64.2 Å². The van der Waals surface area contributed by atoms with Gasteiger partial charge in [-0.2, -0.15) is 0 Å². The predicted molar refractivity (Wildman–Crippen MR) is 134 cm³/mol. The first-order valence-corrected chi connectivity index (χ1v) is 14.6. The topological polar surface area (TPSA) is 0 Å². The lowest BCUT2D eigenvalue weighted by Crippen LogP contribution is -2.38. The summed E-state index contributed by atoms with van der Waals surface area (Å²) in [5.74, 6) is 6.18. The van der Waals surface area contributed by atoms with Crippen molar-refractivity contribution < 1.29 is 0 Å². The molecule has 0 saturated heterocycles. The Morgan fingerprint density at radius 1 is 0.667 bits per heavy atom. The van der Waals surface area contributed by atoms with E-state index in [0.29, 0.717) is 5.41 Å². The van der Waals surface area contributed by atoms with Gasteiger partial charge in [-0.1, -0.05) is 91.9 Å². The Bertz CT molecular complexity index is 437. The third-order valence-electron chi connectivity index (χ3n) is 10.7. The Balaban J connectivity index is 1.43. The van der Waals surface area contributed by atoms with Gasteiger partial charge < -0.3 is 0 Å². The monoisotopic (exact) mass is 416 g/mol. The molecular formula is C30H56. The van der Waals surface area contributed by atoms with Gasteiger partial charge in [0.2, 0.25) is 0 Å². The maximum atomic E-state index is 2.68. The zero-order valence-electron chi connectivity index (χ0n) is 21.4. The molecule has 0 aromatic rings. The second kappa shape index (κ2) is 12.3. The molecule has 3 saturated carbocycles. The zero-order chi connectivity index (χ0) is 21.4. The molecular weight excluding hydrogens is 360 g/mol. The van der Waals surface area contributed by atoms with Crippen LogP contribution < -0.4 is 0 Å². The summed E-state index contributed by atoms with van der Waals surface area (Å²) in [5, 5.41) is 0. The van der Waals surface area contributed by atoms with Gasteiger partial charge in [-0.05, 0) is 98.7 Å². The van der Waals surface area contributed by atoms with Crippen LogP contribution in [0.1, 0.15) is 150 Å². The first-order chi connectivity index (χ1) is 14.6. The van der Waals surface area contributed by atoms with Gasteiger partial charge in [0, 0.05) is 0 Å². The normalized spacial score (nSPS) is 34.4. The second-order valence-electron chi connectivity index (χ2n) is 12.3. The predicted octanol–water partition coefficient (Wildman–Crippen LogP) is 10.2. The van der Waals surface area contributed by atoms with Gasteiger partial charge in [0.25, 0.3) is 0 Å². The molecule has 3 aliphatic rings. The third kappa shape index (κ3) is 6.28. The molecule has 0 heterocycles. The SMILES string of the molecule is CCCCCC1CCC(C(C)C2CCC(C(C)C3(CCC)CCCCC3)CC2)CC1. The first kappa shape index (κ1) is 24.6. The lowest BCUT2D eigenvalue weighted by atomic mass is 9.57. The molecule has 0 heteroatoms. The van der Waals surface area contributed by atoms with Crippen molar-refractivity contribution in [3.05, 3.63) is 0 Å². The third-order valence-corrected chi connectivity index (χ3v) is 10.7. The Labute approximate surface area is 190 Å². The summed E-state index contributed by atoms with van der Waals surface area (Å²) in [6.45, 7) is 10.1. The van der Waals surface area contributed by atoms with Crippen molar-refractivity contribution in [2.75, 3.05) is 0 Å². The largest absolute Gasteiger partial charge is 0.0654 e. The van der Waals surface area contributed by atoms with Gasteiger partial charge >= 0.3 is 0 Å². The molecule has 3 rings (SSSR count). The van der Waals surface area contributed by atoms with Gasteiger partial charge in [-0.25, -0.2) is 0 Å². The zero-order valence-corrected chi connectivity index (χ0v) is 21.4. The number of unbranched alkanes of at least 4 members (excludes halogenated alkanes) is 2. The Morgan fingerprint density at radius 2 is 1.23 bits per heavy atom. The minimum absolute atomic E-state index is 0.715. The van der Waals surface area contributed by atoms with Crippen molar-refractivity contribution in [2.45, 2.75) is 150 Å². The molecule has 176 valence electrons. The molecule has 0 aromatic heterocycles. The van der Waals surface area contributed by atoms with E-state index in [9.17, 15) is 0 Å². The summed E-state index contributed by atoms with van der Waals surface area (Å²) in [6, 6.07) is 0. The molecule has 2 unspecified atom stereocenters. The molecule has 0 N–H and O–H groups in total. The Morgan fingerprint density at radius 3 is 1.80 bits per heavy atom. The van der Waals surface area contributed by atoms with E-state index in [1.165, 1.54) is 57.8 Å². The van der Waals surface area contributed by atoms with E-state index >= 15 is 0 Å². The van der Waals surface area contributed by atoms with Crippen LogP contribution in [0.25, 0.3) is 0 Å². The van der Waals surface area contributed by atoms with Crippen LogP contribution in [-0.4, -0.2) is 0 Å². The fourth-order valence-electron chi connectivity index (χ4n) is 8.43. The summed E-state index contributed by atoms with van der Waals surface area (Å²) in [7, 11) is 0. The fraction of sp³-hybridized carbons (Fsp3) is 1.00. The maximum Gasteiger partial charge on any atom is -0.0269 e. The highest BCUT2D eigenvalue weighted by Gasteiger charge is 2.42. The van der Waals surface area contributed by atoms with Crippen LogP contribution in [0.4, 0.5) is 0 Å². The highest BCUT2D eigenvalue weighted by Crippen LogP contribution is 2.52. The quantitative estimate of drug-likeness (QED) is 0.311. The second-order valence-corrected chi connectivity index (χ2v) is 12.3. The van der Waals surface area contributed by atoms with E-state index in [4.69, 9.17) is 0 Å². The summed E-state index contributed by atoms with van der Waals surface area (Å²) in [6.07, 6.45) is 28.8. The number of rotatable bonds is 10. The molecule has 0 nitrogen and oxygen atoms in total. The van der Waals surface area contributed by atoms with Crippen LogP contribution in [0.15, 0.2) is 0 Å². The molecule has 3 fully saturated rings. The first-order valence-electron chi connectivity index (χ1n) is 14.6. The van der Waals surface area contributed by atoms with Crippen molar-refractivity contribution in [1.29, 1.82) is 0 Å². The summed E-state index contributed by atoms with van der Waals surface area (Å²) in [5.41, 5.74) is 0.715. The summed E-state index contributed by atoms with van der Waals surface area (Å²) in [4.78, 5) is 0. The van der Waals surface area contributed by atoms with Crippen LogP contribution in [-0.2, 0) is 0 Å². The molecule has 0 spiro atoms. The van der Waals surface area contributed by atoms with E-state index < -0.39 is 0 Å². The summed E-state index contributed by atoms with van der Waals surface area (Å²) >= 11 is 0. The smallest absolute Gasteiger partial charge is 0.0269 e. The van der Waals surface area contributed by atoms with Crippen LogP contribution in [0.5, 0.6) is 0 Å². The van der Waals surface area contributed by atoms with Gasteiger partial charge in [0.1, 0.15) is 0 Å². The molecule has 2 atom stereocenters. The van der Waals surface area contributed by atoms with E-state index in [2.05, 4.69) is 27.7 Å². The molecule has 30 heavy (non-hydrogen) atoms. The van der Waals surface area contributed by atoms with Crippen LogP contribution >= 0.6 is 0 Å². The van der Waals surface area contributed by atoms with E-state index in [0.717, 1.165) is 35.5 Å². The Hall–Kier alpha value is 0. The lowest BCUT2D eigenvalue weighted by Gasteiger charge is -2.48. The van der Waals surface area contributed by atoms with Crippen molar-refractivity contribution in [2.24, 2.45) is 40.9 Å².